The Labute approximate surface area is 105 Å². The van der Waals surface area contributed by atoms with E-state index in [1.54, 1.807) is 18.2 Å². The highest BCUT2D eigenvalue weighted by Crippen LogP contribution is 2.02. The number of hydrogen-bond acceptors (Lipinski definition) is 5. The highest BCUT2D eigenvalue weighted by atomic mass is 32.2. The Morgan fingerprint density at radius 3 is 2.22 bits per heavy atom. The summed E-state index contributed by atoms with van der Waals surface area (Å²) in [6.07, 6.45) is 0. The lowest BCUT2D eigenvalue weighted by Crippen LogP contribution is -2.42. The Morgan fingerprint density at radius 2 is 1.72 bits per heavy atom. The van der Waals surface area contributed by atoms with E-state index >= 15 is 0 Å². The molecule has 0 amide bonds. The number of carbonyl (C=O) groups excluding carboxylic acids is 1. The number of aliphatic hydroxyl groups is 2. The molecule has 0 atom stereocenters. The molecule has 18 heavy (non-hydrogen) atoms. The van der Waals surface area contributed by atoms with E-state index in [9.17, 15) is 13.2 Å². The highest BCUT2D eigenvalue weighted by Gasteiger charge is 2.21. The molecule has 0 bridgehead atoms. The van der Waals surface area contributed by atoms with Crippen LogP contribution >= 0.6 is 0 Å². The molecule has 0 aromatic heterocycles. The molecule has 100 valence electrons. The Kier molecular flexibility index (Phi) is 5.42. The van der Waals surface area contributed by atoms with Crippen molar-refractivity contribution in [3.05, 3.63) is 35.9 Å². The van der Waals surface area contributed by atoms with Gasteiger partial charge < -0.3 is 10.2 Å². The molecule has 0 aliphatic rings. The van der Waals surface area contributed by atoms with Crippen LogP contribution < -0.4 is 4.72 Å². The Hall–Kier alpha value is -1.28. The van der Waals surface area contributed by atoms with Crippen molar-refractivity contribution in [3.63, 3.8) is 0 Å². The number of ketones is 1. The fraction of sp³-hybridized carbons (Fsp3) is 0.364. The maximum atomic E-state index is 11.7. The number of aliphatic hydroxyl groups excluding tert-OH is 2. The first kappa shape index (κ1) is 14.8. The van der Waals surface area contributed by atoms with E-state index in [4.69, 9.17) is 10.2 Å². The van der Waals surface area contributed by atoms with E-state index in [2.05, 4.69) is 0 Å². The van der Waals surface area contributed by atoms with Gasteiger partial charge in [0, 0.05) is 5.56 Å². The number of sulfonamides is 1. The van der Waals surface area contributed by atoms with Crippen molar-refractivity contribution >= 4 is 15.8 Å². The van der Waals surface area contributed by atoms with Crippen molar-refractivity contribution in [1.29, 1.82) is 0 Å². The second-order valence-corrected chi connectivity index (χ2v) is 5.48. The zero-order chi connectivity index (χ0) is 13.6. The lowest BCUT2D eigenvalue weighted by Gasteiger charge is -2.13. The molecule has 0 radical (unpaired) electrons. The average Bonchev–Trinajstić information content (AvgIpc) is 2.36. The molecule has 0 unspecified atom stereocenters. The van der Waals surface area contributed by atoms with Crippen molar-refractivity contribution < 1.29 is 23.4 Å². The molecule has 0 aliphatic carbocycles. The van der Waals surface area contributed by atoms with Gasteiger partial charge in [-0.15, -0.1) is 0 Å². The first-order valence-corrected chi connectivity index (χ1v) is 6.93. The third kappa shape index (κ3) is 4.53. The maximum absolute atomic E-state index is 11.7. The van der Waals surface area contributed by atoms with E-state index in [1.807, 2.05) is 4.72 Å². The smallest absolute Gasteiger partial charge is 0.219 e. The van der Waals surface area contributed by atoms with Gasteiger partial charge in [0.15, 0.2) is 5.78 Å². The first-order chi connectivity index (χ1) is 8.48. The second kappa shape index (κ2) is 6.60. The zero-order valence-electron chi connectivity index (χ0n) is 9.61. The first-order valence-electron chi connectivity index (χ1n) is 5.28. The Balaban J connectivity index is 2.69. The van der Waals surface area contributed by atoms with Gasteiger partial charge in [-0.05, 0) is 0 Å². The topological polar surface area (TPSA) is 104 Å². The summed E-state index contributed by atoms with van der Waals surface area (Å²) in [6, 6.07) is 7.05. The minimum atomic E-state index is -3.87. The van der Waals surface area contributed by atoms with E-state index in [0.717, 1.165) is 0 Å². The van der Waals surface area contributed by atoms with Crippen LogP contribution in [0.5, 0.6) is 0 Å². The van der Waals surface area contributed by atoms with Crippen LogP contribution in [0.1, 0.15) is 10.4 Å². The predicted molar refractivity (Wildman–Crippen MR) is 65.7 cm³/mol. The van der Waals surface area contributed by atoms with Gasteiger partial charge in [-0.25, -0.2) is 13.1 Å². The van der Waals surface area contributed by atoms with Crippen molar-refractivity contribution in [3.8, 4) is 0 Å². The summed E-state index contributed by atoms with van der Waals surface area (Å²) in [5, 5.41) is 17.5. The molecule has 1 aromatic carbocycles. The second-order valence-electron chi connectivity index (χ2n) is 3.73. The van der Waals surface area contributed by atoms with E-state index < -0.39 is 40.8 Å². The summed E-state index contributed by atoms with van der Waals surface area (Å²) in [6.45, 7) is -1.06. The third-order valence-electron chi connectivity index (χ3n) is 2.20. The molecule has 0 fully saturated rings. The van der Waals surface area contributed by atoms with Crippen LogP contribution in [0.4, 0.5) is 0 Å². The summed E-state index contributed by atoms with van der Waals surface area (Å²) in [5.41, 5.74) is 0.299. The van der Waals surface area contributed by atoms with Crippen LogP contribution in [0.15, 0.2) is 30.3 Å². The number of benzene rings is 1. The van der Waals surface area contributed by atoms with Crippen LogP contribution in [0.3, 0.4) is 0 Å². The van der Waals surface area contributed by atoms with Gasteiger partial charge >= 0.3 is 0 Å². The monoisotopic (exact) mass is 273 g/mol. The fourth-order valence-electron chi connectivity index (χ4n) is 1.31. The maximum Gasteiger partial charge on any atom is 0.219 e. The van der Waals surface area contributed by atoms with Crippen LogP contribution in [-0.4, -0.2) is 49.4 Å². The molecule has 3 N–H and O–H groups in total. The van der Waals surface area contributed by atoms with E-state index in [0.29, 0.717) is 5.56 Å². The van der Waals surface area contributed by atoms with Gasteiger partial charge in [0.1, 0.15) is 5.75 Å². The average molecular weight is 273 g/mol. The summed E-state index contributed by atoms with van der Waals surface area (Å²) in [7, 11) is -3.87. The number of carbonyl (C=O) groups is 1. The van der Waals surface area contributed by atoms with Gasteiger partial charge in [0.2, 0.25) is 10.0 Å². The van der Waals surface area contributed by atoms with Gasteiger partial charge in [-0.2, -0.15) is 0 Å². The number of rotatable bonds is 7. The molecular weight excluding hydrogens is 258 g/mol. The Morgan fingerprint density at radius 1 is 1.17 bits per heavy atom. The van der Waals surface area contributed by atoms with Crippen LogP contribution in [-0.2, 0) is 10.0 Å². The fourth-order valence-corrected chi connectivity index (χ4v) is 2.56. The molecular formula is C11H15NO5S. The standard InChI is InChI=1S/C11H15NO5S/c13-6-10(7-14)12-18(16,17)8-11(15)9-4-2-1-3-5-9/h1-5,10,12-14H,6-8H2. The van der Waals surface area contributed by atoms with Gasteiger partial charge in [0.05, 0.1) is 19.3 Å². The molecule has 0 aliphatic heterocycles. The molecule has 0 saturated heterocycles. The highest BCUT2D eigenvalue weighted by molar-refractivity contribution is 7.90. The van der Waals surface area contributed by atoms with Crippen molar-refractivity contribution in [1.82, 2.24) is 4.72 Å². The van der Waals surface area contributed by atoms with Crippen LogP contribution in [0.25, 0.3) is 0 Å². The van der Waals surface area contributed by atoms with Gasteiger partial charge in [-0.1, -0.05) is 30.3 Å². The van der Waals surface area contributed by atoms with E-state index in [1.165, 1.54) is 12.1 Å². The molecule has 1 aromatic rings. The summed E-state index contributed by atoms with van der Waals surface area (Å²) in [4.78, 5) is 11.7. The summed E-state index contributed by atoms with van der Waals surface area (Å²) >= 11 is 0. The quantitative estimate of drug-likeness (QED) is 0.561. The molecule has 0 saturated carbocycles. The lowest BCUT2D eigenvalue weighted by atomic mass is 10.2. The minimum absolute atomic E-state index is 0.299. The summed E-state index contributed by atoms with van der Waals surface area (Å²) < 4.78 is 25.2. The van der Waals surface area contributed by atoms with Crippen LogP contribution in [0, 0.1) is 0 Å². The van der Waals surface area contributed by atoms with Crippen molar-refractivity contribution in [2.45, 2.75) is 6.04 Å². The third-order valence-corrected chi connectivity index (χ3v) is 3.54. The minimum Gasteiger partial charge on any atom is -0.395 e. The van der Waals surface area contributed by atoms with Crippen LogP contribution in [0.2, 0.25) is 0 Å². The zero-order valence-corrected chi connectivity index (χ0v) is 10.4. The Bertz CT molecular complexity index is 481. The van der Waals surface area contributed by atoms with E-state index in [-0.39, 0.29) is 0 Å². The normalized spacial score (nSPS) is 11.7. The van der Waals surface area contributed by atoms with Gasteiger partial charge in [-0.3, -0.25) is 4.79 Å². The summed E-state index contributed by atoms with van der Waals surface area (Å²) in [5.74, 6) is -1.26. The SMILES string of the molecule is O=C(CS(=O)(=O)NC(CO)CO)c1ccccc1. The van der Waals surface area contributed by atoms with Gasteiger partial charge in [0.25, 0.3) is 0 Å². The number of hydrogen-bond donors (Lipinski definition) is 3. The molecule has 7 heteroatoms. The predicted octanol–water partition coefficient (Wildman–Crippen LogP) is -0.858. The lowest BCUT2D eigenvalue weighted by molar-refractivity contribution is 0.102. The number of Topliss-reactive ketones (excluding diaryl/α,β-unsaturated/α-hetero) is 1. The van der Waals surface area contributed by atoms with Crippen molar-refractivity contribution in [2.75, 3.05) is 19.0 Å². The molecule has 0 heterocycles. The van der Waals surface area contributed by atoms with Crippen molar-refractivity contribution in [2.24, 2.45) is 0 Å². The molecule has 6 nitrogen and oxygen atoms in total. The number of nitrogens with one attached hydrogen (secondary N) is 1. The molecule has 1 rings (SSSR count). The molecule has 0 spiro atoms. The largest absolute Gasteiger partial charge is 0.395 e.